The van der Waals surface area contributed by atoms with Gasteiger partial charge in [0.25, 0.3) is 11.5 Å². The van der Waals surface area contributed by atoms with Crippen LogP contribution in [0, 0.1) is 6.92 Å². The zero-order chi connectivity index (χ0) is 20.7. The van der Waals surface area contributed by atoms with Crippen LogP contribution in [-0.2, 0) is 7.05 Å². The first kappa shape index (κ1) is 18.8. The van der Waals surface area contributed by atoms with Gasteiger partial charge in [0.1, 0.15) is 5.52 Å². The normalized spacial score (nSPS) is 11.0. The highest BCUT2D eigenvalue weighted by atomic mass is 35.5. The molecule has 8 heteroatoms. The Labute approximate surface area is 170 Å². The Morgan fingerprint density at radius 1 is 1.10 bits per heavy atom. The predicted octanol–water partition coefficient (Wildman–Crippen LogP) is 3.23. The second kappa shape index (κ2) is 7.10. The Balaban J connectivity index is 1.84. The summed E-state index contributed by atoms with van der Waals surface area (Å²) in [6, 6.07) is 13.8. The molecule has 0 saturated carbocycles. The third kappa shape index (κ3) is 3.36. The number of rotatable bonds is 3. The summed E-state index contributed by atoms with van der Waals surface area (Å²) in [5.41, 5.74) is 1.45. The number of aryl methyl sites for hydroxylation is 2. The van der Waals surface area contributed by atoms with Crippen LogP contribution in [0.3, 0.4) is 0 Å². The van der Waals surface area contributed by atoms with E-state index in [1.807, 2.05) is 19.1 Å². The van der Waals surface area contributed by atoms with Crippen LogP contribution in [0.1, 0.15) is 15.9 Å². The number of nitrogens with zero attached hydrogens (tertiary/aromatic N) is 2. The van der Waals surface area contributed by atoms with Crippen molar-refractivity contribution in [1.29, 1.82) is 0 Å². The van der Waals surface area contributed by atoms with E-state index in [-0.39, 0.29) is 16.6 Å². The molecular weight excluding hydrogens is 392 g/mol. The van der Waals surface area contributed by atoms with Gasteiger partial charge in [-0.15, -0.1) is 0 Å². The Morgan fingerprint density at radius 2 is 1.83 bits per heavy atom. The van der Waals surface area contributed by atoms with Crippen molar-refractivity contribution in [2.24, 2.45) is 7.05 Å². The minimum atomic E-state index is -0.616. The lowest BCUT2D eigenvalue weighted by molar-refractivity contribution is 0.102. The Morgan fingerprint density at radius 3 is 2.52 bits per heavy atom. The standard InChI is InChI=1S/C21H17ClN4O3/c1-12-6-8-15(9-7-12)26-20(28)18-17(24-21(26)29)16(11-25(18)2)19(27)23-14-5-3-4-13(22)10-14/h3-11H,1-2H3,(H,23,27)(H,24,29). The van der Waals surface area contributed by atoms with Crippen molar-refractivity contribution in [2.45, 2.75) is 6.92 Å². The number of aromatic amines is 1. The van der Waals surface area contributed by atoms with Crippen LogP contribution in [-0.4, -0.2) is 20.0 Å². The molecule has 0 saturated heterocycles. The molecule has 146 valence electrons. The summed E-state index contributed by atoms with van der Waals surface area (Å²) in [7, 11) is 1.65. The van der Waals surface area contributed by atoms with Crippen molar-refractivity contribution in [2.75, 3.05) is 5.32 Å². The molecule has 0 atom stereocenters. The number of hydrogen-bond donors (Lipinski definition) is 2. The largest absolute Gasteiger partial charge is 0.344 e. The molecular formula is C21H17ClN4O3. The molecule has 29 heavy (non-hydrogen) atoms. The number of carbonyl (C=O) groups excluding carboxylic acids is 1. The van der Waals surface area contributed by atoms with E-state index in [9.17, 15) is 14.4 Å². The molecule has 0 bridgehead atoms. The minimum absolute atomic E-state index is 0.186. The number of H-pyrrole nitrogens is 1. The summed E-state index contributed by atoms with van der Waals surface area (Å²) in [6.45, 7) is 1.92. The number of fused-ring (bicyclic) bond motifs is 1. The van der Waals surface area contributed by atoms with E-state index in [1.165, 1.54) is 10.8 Å². The van der Waals surface area contributed by atoms with E-state index >= 15 is 0 Å². The van der Waals surface area contributed by atoms with Gasteiger partial charge in [-0.2, -0.15) is 0 Å². The van der Waals surface area contributed by atoms with E-state index < -0.39 is 17.2 Å². The Kier molecular flexibility index (Phi) is 4.60. The van der Waals surface area contributed by atoms with Gasteiger partial charge in [0.2, 0.25) is 0 Å². The first-order valence-corrected chi connectivity index (χ1v) is 9.21. The highest BCUT2D eigenvalue weighted by molar-refractivity contribution is 6.31. The number of benzene rings is 2. The second-order valence-corrected chi connectivity index (χ2v) is 7.18. The number of anilines is 1. The fourth-order valence-corrected chi connectivity index (χ4v) is 3.43. The van der Waals surface area contributed by atoms with Crippen molar-refractivity contribution < 1.29 is 4.79 Å². The van der Waals surface area contributed by atoms with Crippen molar-refractivity contribution in [3.8, 4) is 5.69 Å². The van der Waals surface area contributed by atoms with Crippen molar-refractivity contribution >= 4 is 34.2 Å². The molecule has 1 amide bonds. The molecule has 0 unspecified atom stereocenters. The monoisotopic (exact) mass is 408 g/mol. The van der Waals surface area contributed by atoms with E-state index in [0.717, 1.165) is 10.1 Å². The topological polar surface area (TPSA) is 88.9 Å². The summed E-state index contributed by atoms with van der Waals surface area (Å²) >= 11 is 5.95. The number of nitrogens with one attached hydrogen (secondary N) is 2. The first-order chi connectivity index (χ1) is 13.8. The Hall–Kier alpha value is -3.58. The van der Waals surface area contributed by atoms with E-state index in [1.54, 1.807) is 43.4 Å². The fraction of sp³-hybridized carbons (Fsp3) is 0.0952. The summed E-state index contributed by atoms with van der Waals surface area (Å²) in [4.78, 5) is 41.2. The number of hydrogen-bond acceptors (Lipinski definition) is 3. The van der Waals surface area contributed by atoms with Gasteiger partial charge in [0.15, 0.2) is 0 Å². The maximum absolute atomic E-state index is 13.1. The van der Waals surface area contributed by atoms with E-state index in [4.69, 9.17) is 11.6 Å². The zero-order valence-electron chi connectivity index (χ0n) is 15.7. The molecule has 0 aliphatic carbocycles. The number of carbonyl (C=O) groups is 1. The van der Waals surface area contributed by atoms with Gasteiger partial charge in [0, 0.05) is 24.0 Å². The maximum Gasteiger partial charge on any atom is 0.333 e. The van der Waals surface area contributed by atoms with Crippen LogP contribution in [0.25, 0.3) is 16.7 Å². The van der Waals surface area contributed by atoms with E-state index in [2.05, 4.69) is 10.3 Å². The van der Waals surface area contributed by atoms with Gasteiger partial charge in [-0.1, -0.05) is 35.4 Å². The van der Waals surface area contributed by atoms with Crippen LogP contribution in [0.4, 0.5) is 5.69 Å². The highest BCUT2D eigenvalue weighted by Gasteiger charge is 2.20. The molecule has 4 rings (SSSR count). The third-order valence-electron chi connectivity index (χ3n) is 4.64. The number of aromatic nitrogens is 3. The molecule has 2 N–H and O–H groups in total. The fourth-order valence-electron chi connectivity index (χ4n) is 3.24. The molecule has 7 nitrogen and oxygen atoms in total. The van der Waals surface area contributed by atoms with Gasteiger partial charge in [0.05, 0.1) is 16.8 Å². The van der Waals surface area contributed by atoms with Gasteiger partial charge in [-0.3, -0.25) is 9.59 Å². The lowest BCUT2D eigenvalue weighted by atomic mass is 10.2. The quantitative estimate of drug-likeness (QED) is 0.545. The third-order valence-corrected chi connectivity index (χ3v) is 4.88. The molecule has 0 radical (unpaired) electrons. The van der Waals surface area contributed by atoms with Gasteiger partial charge >= 0.3 is 5.69 Å². The second-order valence-electron chi connectivity index (χ2n) is 6.75. The highest BCUT2D eigenvalue weighted by Crippen LogP contribution is 2.19. The number of halogens is 1. The molecule has 4 aromatic rings. The van der Waals surface area contributed by atoms with Crippen LogP contribution >= 0.6 is 11.6 Å². The molecule has 2 aromatic carbocycles. The first-order valence-electron chi connectivity index (χ1n) is 8.83. The smallest absolute Gasteiger partial charge is 0.333 e. The Bertz CT molecular complexity index is 1360. The average Bonchev–Trinajstić information content (AvgIpc) is 3.00. The van der Waals surface area contributed by atoms with Gasteiger partial charge in [-0.05, 0) is 37.3 Å². The predicted molar refractivity (Wildman–Crippen MR) is 113 cm³/mol. The average molecular weight is 409 g/mol. The van der Waals surface area contributed by atoms with Crippen LogP contribution in [0.15, 0.2) is 64.3 Å². The summed E-state index contributed by atoms with van der Waals surface area (Å²) in [5, 5.41) is 3.21. The minimum Gasteiger partial charge on any atom is -0.344 e. The molecule has 2 heterocycles. The maximum atomic E-state index is 13.1. The molecule has 0 aliphatic heterocycles. The lowest BCUT2D eigenvalue weighted by Gasteiger charge is -2.07. The van der Waals surface area contributed by atoms with E-state index in [0.29, 0.717) is 16.4 Å². The molecule has 0 fully saturated rings. The van der Waals surface area contributed by atoms with Crippen molar-refractivity contribution in [3.05, 3.63) is 91.7 Å². The lowest BCUT2D eigenvalue weighted by Crippen LogP contribution is -2.34. The molecule has 0 spiro atoms. The van der Waals surface area contributed by atoms with Crippen molar-refractivity contribution in [3.63, 3.8) is 0 Å². The summed E-state index contributed by atoms with van der Waals surface area (Å²) in [5.74, 6) is -0.457. The SMILES string of the molecule is Cc1ccc(-n2c(=O)[nH]c3c(C(=O)Nc4cccc(Cl)c4)cn(C)c3c2=O)cc1. The molecule has 0 aliphatic rings. The van der Waals surface area contributed by atoms with Gasteiger partial charge < -0.3 is 14.9 Å². The summed E-state index contributed by atoms with van der Waals surface area (Å²) in [6.07, 6.45) is 1.52. The molecule has 2 aromatic heterocycles. The van der Waals surface area contributed by atoms with Crippen LogP contribution in [0.2, 0.25) is 5.02 Å². The van der Waals surface area contributed by atoms with Crippen LogP contribution in [0.5, 0.6) is 0 Å². The number of amides is 1. The van der Waals surface area contributed by atoms with Crippen molar-refractivity contribution in [1.82, 2.24) is 14.1 Å². The zero-order valence-corrected chi connectivity index (χ0v) is 16.4. The van der Waals surface area contributed by atoms with Crippen LogP contribution < -0.4 is 16.6 Å². The summed E-state index contributed by atoms with van der Waals surface area (Å²) < 4.78 is 2.59. The van der Waals surface area contributed by atoms with Gasteiger partial charge in [-0.25, -0.2) is 9.36 Å².